The minimum Gasteiger partial charge on any atom is -0.327 e. The number of nitrogens with two attached hydrogens (primary N) is 1. The van der Waals surface area contributed by atoms with Crippen molar-refractivity contribution in [2.75, 3.05) is 0 Å². The Balaban J connectivity index is 1.97. The van der Waals surface area contributed by atoms with Crippen LogP contribution in [0.5, 0.6) is 0 Å². The van der Waals surface area contributed by atoms with Crippen molar-refractivity contribution in [1.82, 2.24) is 9.78 Å². The van der Waals surface area contributed by atoms with Gasteiger partial charge in [0.1, 0.15) is 0 Å². The van der Waals surface area contributed by atoms with Gasteiger partial charge in [-0.2, -0.15) is 5.10 Å². The predicted molar refractivity (Wildman–Crippen MR) is 75.5 cm³/mol. The van der Waals surface area contributed by atoms with E-state index in [0.29, 0.717) is 18.0 Å². The summed E-state index contributed by atoms with van der Waals surface area (Å²) in [7, 11) is 0. The molecule has 0 saturated heterocycles. The molecular weight excluding hydrogens is 222 g/mol. The summed E-state index contributed by atoms with van der Waals surface area (Å²) in [6, 6.07) is 3.05. The monoisotopic (exact) mass is 249 g/mol. The van der Waals surface area contributed by atoms with Crippen LogP contribution in [0.3, 0.4) is 0 Å². The van der Waals surface area contributed by atoms with E-state index in [2.05, 4.69) is 30.8 Å². The zero-order valence-corrected chi connectivity index (χ0v) is 11.8. The summed E-state index contributed by atoms with van der Waals surface area (Å²) >= 11 is 0. The van der Waals surface area contributed by atoms with Gasteiger partial charge in [0, 0.05) is 18.3 Å². The molecule has 1 fully saturated rings. The molecule has 2 rings (SSSR count). The van der Waals surface area contributed by atoms with E-state index >= 15 is 0 Å². The Morgan fingerprint density at radius 3 is 2.94 bits per heavy atom. The molecule has 1 heterocycles. The highest BCUT2D eigenvalue weighted by Gasteiger charge is 2.21. The molecule has 1 saturated carbocycles. The van der Waals surface area contributed by atoms with Crippen molar-refractivity contribution in [2.45, 2.75) is 70.9 Å². The highest BCUT2D eigenvalue weighted by atomic mass is 15.3. The molecular formula is C15H27N3. The molecule has 0 aromatic carbocycles. The van der Waals surface area contributed by atoms with E-state index in [1.807, 2.05) is 0 Å². The van der Waals surface area contributed by atoms with Gasteiger partial charge in [0.2, 0.25) is 0 Å². The second kappa shape index (κ2) is 6.37. The van der Waals surface area contributed by atoms with Crippen LogP contribution in [0.15, 0.2) is 12.3 Å². The summed E-state index contributed by atoms with van der Waals surface area (Å²) in [5.74, 6) is 0.632. The van der Waals surface area contributed by atoms with Crippen LogP contribution >= 0.6 is 0 Å². The van der Waals surface area contributed by atoms with E-state index in [0.717, 1.165) is 12.8 Å². The maximum Gasteiger partial charge on any atom is 0.0628 e. The molecule has 3 unspecified atom stereocenters. The third kappa shape index (κ3) is 3.35. The molecule has 102 valence electrons. The molecule has 3 heteroatoms. The summed E-state index contributed by atoms with van der Waals surface area (Å²) in [6.07, 6.45) is 10.8. The smallest absolute Gasteiger partial charge is 0.0628 e. The Morgan fingerprint density at radius 2 is 2.17 bits per heavy atom. The van der Waals surface area contributed by atoms with Gasteiger partial charge in [-0.1, -0.05) is 26.2 Å². The summed E-state index contributed by atoms with van der Waals surface area (Å²) in [5.41, 5.74) is 7.51. The van der Waals surface area contributed by atoms with Gasteiger partial charge < -0.3 is 5.73 Å². The number of nitrogens with zero attached hydrogens (tertiary/aromatic N) is 2. The van der Waals surface area contributed by atoms with Crippen LogP contribution in [0.4, 0.5) is 0 Å². The minimum atomic E-state index is 0.376. The Bertz CT molecular complexity index is 358. The van der Waals surface area contributed by atoms with Crippen molar-refractivity contribution < 1.29 is 0 Å². The maximum absolute atomic E-state index is 6.29. The van der Waals surface area contributed by atoms with Gasteiger partial charge in [0.05, 0.1) is 5.69 Å². The van der Waals surface area contributed by atoms with Crippen LogP contribution in [0.25, 0.3) is 0 Å². The first kappa shape index (κ1) is 13.6. The average molecular weight is 249 g/mol. The summed E-state index contributed by atoms with van der Waals surface area (Å²) in [6.45, 7) is 4.42. The van der Waals surface area contributed by atoms with Crippen molar-refractivity contribution in [2.24, 2.45) is 11.7 Å². The second-order valence-corrected chi connectivity index (χ2v) is 5.81. The fourth-order valence-electron chi connectivity index (χ4n) is 2.85. The summed E-state index contributed by atoms with van der Waals surface area (Å²) in [5, 5.41) is 4.70. The molecule has 1 aromatic rings. The van der Waals surface area contributed by atoms with E-state index in [9.17, 15) is 0 Å². The van der Waals surface area contributed by atoms with Gasteiger partial charge in [0.15, 0.2) is 0 Å². The number of hydrogen-bond acceptors (Lipinski definition) is 2. The van der Waals surface area contributed by atoms with Crippen LogP contribution in [-0.4, -0.2) is 15.8 Å². The Hall–Kier alpha value is -0.830. The fraction of sp³-hybridized carbons (Fsp3) is 0.800. The second-order valence-electron chi connectivity index (χ2n) is 5.81. The van der Waals surface area contributed by atoms with Crippen LogP contribution in [-0.2, 0) is 6.42 Å². The van der Waals surface area contributed by atoms with Crippen molar-refractivity contribution in [3.05, 3.63) is 18.0 Å². The molecule has 0 bridgehead atoms. The zero-order chi connectivity index (χ0) is 13.0. The quantitative estimate of drug-likeness (QED) is 0.832. The lowest BCUT2D eigenvalue weighted by molar-refractivity contribution is 0.387. The molecule has 0 aliphatic heterocycles. The fourth-order valence-corrected chi connectivity index (χ4v) is 2.85. The molecule has 0 amide bonds. The predicted octanol–water partition coefficient (Wildman–Crippen LogP) is 3.30. The molecule has 1 aromatic heterocycles. The van der Waals surface area contributed by atoms with Gasteiger partial charge in [-0.3, -0.25) is 4.68 Å². The molecule has 0 spiro atoms. The van der Waals surface area contributed by atoms with Gasteiger partial charge in [-0.15, -0.1) is 0 Å². The molecule has 0 radical (unpaired) electrons. The first-order valence-corrected chi connectivity index (χ1v) is 7.50. The van der Waals surface area contributed by atoms with Crippen molar-refractivity contribution in [3.63, 3.8) is 0 Å². The number of rotatable bonds is 4. The minimum absolute atomic E-state index is 0.376. The van der Waals surface area contributed by atoms with Gasteiger partial charge in [-0.05, 0) is 44.6 Å². The first-order valence-electron chi connectivity index (χ1n) is 7.50. The van der Waals surface area contributed by atoms with Gasteiger partial charge in [-0.25, -0.2) is 0 Å². The van der Waals surface area contributed by atoms with Crippen molar-refractivity contribution >= 4 is 0 Å². The van der Waals surface area contributed by atoms with Gasteiger partial charge in [0.25, 0.3) is 0 Å². The third-order valence-electron chi connectivity index (χ3n) is 4.40. The van der Waals surface area contributed by atoms with Gasteiger partial charge >= 0.3 is 0 Å². The van der Waals surface area contributed by atoms with E-state index < -0.39 is 0 Å². The standard InChI is InChI=1S/C15H27N3/c1-3-12(2)18-10-9-14(17-18)11-13-7-5-4-6-8-15(13)16/h9-10,12-13,15H,3-8,11,16H2,1-2H3. The molecule has 2 N–H and O–H groups in total. The highest BCUT2D eigenvalue weighted by molar-refractivity contribution is 5.02. The zero-order valence-electron chi connectivity index (χ0n) is 11.8. The van der Waals surface area contributed by atoms with E-state index in [1.54, 1.807) is 0 Å². The largest absolute Gasteiger partial charge is 0.327 e. The summed E-state index contributed by atoms with van der Waals surface area (Å²) < 4.78 is 2.09. The van der Waals surface area contributed by atoms with Crippen molar-refractivity contribution in [3.8, 4) is 0 Å². The lowest BCUT2D eigenvalue weighted by atomic mass is 9.91. The molecule has 3 nitrogen and oxygen atoms in total. The normalized spacial score (nSPS) is 26.8. The van der Waals surface area contributed by atoms with Crippen LogP contribution in [0.1, 0.15) is 64.1 Å². The van der Waals surface area contributed by atoms with Crippen LogP contribution in [0, 0.1) is 5.92 Å². The molecule has 1 aliphatic carbocycles. The Kier molecular flexibility index (Phi) is 4.81. The highest BCUT2D eigenvalue weighted by Crippen LogP contribution is 2.25. The lowest BCUT2D eigenvalue weighted by Gasteiger charge is -2.20. The number of hydrogen-bond donors (Lipinski definition) is 1. The topological polar surface area (TPSA) is 43.8 Å². The van der Waals surface area contributed by atoms with Crippen molar-refractivity contribution in [1.29, 1.82) is 0 Å². The van der Waals surface area contributed by atoms with Crippen LogP contribution in [0.2, 0.25) is 0 Å². The molecule has 1 aliphatic rings. The molecule has 18 heavy (non-hydrogen) atoms. The third-order valence-corrected chi connectivity index (χ3v) is 4.40. The van der Waals surface area contributed by atoms with E-state index in [1.165, 1.54) is 37.8 Å². The Morgan fingerprint density at radius 1 is 1.39 bits per heavy atom. The average Bonchev–Trinajstić information content (AvgIpc) is 2.75. The van der Waals surface area contributed by atoms with E-state index in [-0.39, 0.29) is 0 Å². The van der Waals surface area contributed by atoms with E-state index in [4.69, 9.17) is 10.8 Å². The number of aromatic nitrogens is 2. The SMILES string of the molecule is CCC(C)n1ccc(CC2CCCCCC2N)n1. The Labute approximate surface area is 111 Å². The summed E-state index contributed by atoms with van der Waals surface area (Å²) in [4.78, 5) is 0. The maximum atomic E-state index is 6.29. The first-order chi connectivity index (χ1) is 8.70. The lowest BCUT2D eigenvalue weighted by Crippen LogP contribution is -2.30. The molecule has 3 atom stereocenters. The van der Waals surface area contributed by atoms with Crippen LogP contribution < -0.4 is 5.73 Å².